The number of aryl methyl sites for hydroxylation is 3. The minimum atomic E-state index is -0.249. The number of amides is 1. The Hall–Kier alpha value is -3.29. The maximum absolute atomic E-state index is 13.7. The molecular weight excluding hydrogens is 431 g/mol. The van der Waals surface area contributed by atoms with E-state index in [1.165, 1.54) is 11.6 Å². The van der Waals surface area contributed by atoms with Crippen LogP contribution in [0.5, 0.6) is 0 Å². The van der Waals surface area contributed by atoms with Crippen LogP contribution >= 0.6 is 0 Å². The summed E-state index contributed by atoms with van der Waals surface area (Å²) in [5, 5.41) is 4.65. The standard InChI is InChI=1S/C26H33FN6O/c1-4-5-6-7-23-29-26(21-8-9-22(27)20(3)17-21)30-33(23)18-25(34)32-14-12-31(13-15-32)24-16-19(2)10-11-28-24/h8-11,16-17H,4-7,12-15,18H2,1-3H3. The molecule has 1 aromatic carbocycles. The van der Waals surface area contributed by atoms with Crippen molar-refractivity contribution in [3.05, 3.63) is 59.3 Å². The maximum atomic E-state index is 13.7. The number of benzene rings is 1. The number of aromatic nitrogens is 4. The van der Waals surface area contributed by atoms with Gasteiger partial charge < -0.3 is 9.80 Å². The summed E-state index contributed by atoms with van der Waals surface area (Å²) in [4.78, 5) is 26.5. The molecule has 0 atom stereocenters. The zero-order valence-corrected chi connectivity index (χ0v) is 20.3. The zero-order chi connectivity index (χ0) is 24.1. The first kappa shape index (κ1) is 23.9. The van der Waals surface area contributed by atoms with Crippen LogP contribution in [-0.2, 0) is 17.8 Å². The van der Waals surface area contributed by atoms with E-state index in [-0.39, 0.29) is 18.3 Å². The van der Waals surface area contributed by atoms with Gasteiger partial charge in [-0.2, -0.15) is 5.10 Å². The molecule has 0 saturated carbocycles. The van der Waals surface area contributed by atoms with Crippen molar-refractivity contribution in [2.75, 3.05) is 31.1 Å². The number of carbonyl (C=O) groups is 1. The van der Waals surface area contributed by atoms with E-state index in [0.717, 1.165) is 56.0 Å². The Labute approximate surface area is 200 Å². The van der Waals surface area contributed by atoms with Gasteiger partial charge in [-0.3, -0.25) is 4.79 Å². The van der Waals surface area contributed by atoms with Gasteiger partial charge in [0.25, 0.3) is 0 Å². The van der Waals surface area contributed by atoms with Crippen LogP contribution in [0.1, 0.15) is 43.1 Å². The van der Waals surface area contributed by atoms with Gasteiger partial charge in [-0.05, 0) is 61.7 Å². The van der Waals surface area contributed by atoms with Gasteiger partial charge in [-0.25, -0.2) is 19.0 Å². The Morgan fingerprint density at radius 1 is 1.06 bits per heavy atom. The van der Waals surface area contributed by atoms with Crippen LogP contribution in [0.2, 0.25) is 0 Å². The number of anilines is 1. The number of pyridine rings is 1. The predicted octanol–water partition coefficient (Wildman–Crippen LogP) is 4.18. The first-order valence-electron chi connectivity index (χ1n) is 12.1. The monoisotopic (exact) mass is 464 g/mol. The van der Waals surface area contributed by atoms with E-state index in [4.69, 9.17) is 4.98 Å². The number of halogens is 1. The van der Waals surface area contributed by atoms with Gasteiger partial charge in [0.15, 0.2) is 5.82 Å². The predicted molar refractivity (Wildman–Crippen MR) is 131 cm³/mol. The lowest BCUT2D eigenvalue weighted by molar-refractivity contribution is -0.132. The van der Waals surface area contributed by atoms with E-state index < -0.39 is 0 Å². The average Bonchev–Trinajstić information content (AvgIpc) is 3.23. The second-order valence-electron chi connectivity index (χ2n) is 8.99. The zero-order valence-electron chi connectivity index (χ0n) is 20.3. The topological polar surface area (TPSA) is 67.2 Å². The third-order valence-corrected chi connectivity index (χ3v) is 6.31. The van der Waals surface area contributed by atoms with Gasteiger partial charge in [0.2, 0.25) is 5.91 Å². The molecule has 0 unspecified atom stereocenters. The summed E-state index contributed by atoms with van der Waals surface area (Å²) >= 11 is 0. The van der Waals surface area contributed by atoms with Crippen LogP contribution in [-0.4, -0.2) is 56.7 Å². The molecule has 34 heavy (non-hydrogen) atoms. The first-order valence-corrected chi connectivity index (χ1v) is 12.1. The van der Waals surface area contributed by atoms with Gasteiger partial charge in [-0.1, -0.05) is 19.8 Å². The molecule has 0 radical (unpaired) electrons. The molecule has 7 nitrogen and oxygen atoms in total. The second kappa shape index (κ2) is 10.8. The molecule has 180 valence electrons. The molecule has 0 N–H and O–H groups in total. The molecule has 3 aromatic rings. The average molecular weight is 465 g/mol. The van der Waals surface area contributed by atoms with Crippen molar-refractivity contribution in [3.63, 3.8) is 0 Å². The summed E-state index contributed by atoms with van der Waals surface area (Å²) < 4.78 is 15.5. The third-order valence-electron chi connectivity index (χ3n) is 6.31. The third kappa shape index (κ3) is 5.61. The van der Waals surface area contributed by atoms with Crippen molar-refractivity contribution in [3.8, 4) is 11.4 Å². The molecule has 0 aliphatic carbocycles. The Morgan fingerprint density at radius 3 is 2.56 bits per heavy atom. The lowest BCUT2D eigenvalue weighted by Crippen LogP contribution is -2.50. The molecule has 0 spiro atoms. The van der Waals surface area contributed by atoms with Crippen LogP contribution in [0.15, 0.2) is 36.5 Å². The summed E-state index contributed by atoms with van der Waals surface area (Å²) in [5.74, 6) is 2.10. The molecule has 1 saturated heterocycles. The fourth-order valence-electron chi connectivity index (χ4n) is 4.23. The van der Waals surface area contributed by atoms with Crippen molar-refractivity contribution < 1.29 is 9.18 Å². The van der Waals surface area contributed by atoms with Crippen LogP contribution in [0, 0.1) is 19.7 Å². The highest BCUT2D eigenvalue weighted by Crippen LogP contribution is 2.21. The number of unbranched alkanes of at least 4 members (excludes halogenated alkanes) is 2. The fourth-order valence-corrected chi connectivity index (χ4v) is 4.23. The van der Waals surface area contributed by atoms with Gasteiger partial charge in [-0.15, -0.1) is 0 Å². The number of carbonyl (C=O) groups excluding carboxylic acids is 1. The van der Waals surface area contributed by atoms with E-state index in [0.29, 0.717) is 24.5 Å². The molecule has 0 bridgehead atoms. The quantitative estimate of drug-likeness (QED) is 0.468. The summed E-state index contributed by atoms with van der Waals surface area (Å²) in [5.41, 5.74) is 2.50. The summed E-state index contributed by atoms with van der Waals surface area (Å²) in [7, 11) is 0. The highest BCUT2D eigenvalue weighted by atomic mass is 19.1. The molecule has 1 amide bonds. The molecule has 4 rings (SSSR count). The van der Waals surface area contributed by atoms with Gasteiger partial charge in [0.1, 0.15) is 24.0 Å². The van der Waals surface area contributed by atoms with Crippen molar-refractivity contribution in [1.82, 2.24) is 24.6 Å². The van der Waals surface area contributed by atoms with E-state index in [1.54, 1.807) is 23.7 Å². The molecular formula is C26H33FN6O. The lowest BCUT2D eigenvalue weighted by Gasteiger charge is -2.35. The summed E-state index contributed by atoms with van der Waals surface area (Å²) in [6.45, 7) is 8.92. The van der Waals surface area contributed by atoms with Gasteiger partial charge in [0, 0.05) is 44.4 Å². The van der Waals surface area contributed by atoms with Crippen LogP contribution in [0.4, 0.5) is 10.2 Å². The number of hydrogen-bond acceptors (Lipinski definition) is 5. The Kier molecular flexibility index (Phi) is 7.55. The van der Waals surface area contributed by atoms with Crippen LogP contribution in [0.3, 0.4) is 0 Å². The van der Waals surface area contributed by atoms with Crippen LogP contribution < -0.4 is 4.90 Å². The largest absolute Gasteiger partial charge is 0.353 e. The number of piperazine rings is 1. The first-order chi connectivity index (χ1) is 16.4. The van der Waals surface area contributed by atoms with E-state index >= 15 is 0 Å². The van der Waals surface area contributed by atoms with Crippen molar-refractivity contribution in [1.29, 1.82) is 0 Å². The van der Waals surface area contributed by atoms with Gasteiger partial charge in [0.05, 0.1) is 0 Å². The molecule has 2 aromatic heterocycles. The Bertz CT molecular complexity index is 1140. The number of nitrogens with zero attached hydrogens (tertiary/aromatic N) is 6. The normalized spacial score (nSPS) is 14.0. The highest BCUT2D eigenvalue weighted by molar-refractivity contribution is 5.76. The maximum Gasteiger partial charge on any atom is 0.244 e. The Morgan fingerprint density at radius 2 is 1.85 bits per heavy atom. The van der Waals surface area contributed by atoms with Crippen molar-refractivity contribution in [2.24, 2.45) is 0 Å². The second-order valence-corrected chi connectivity index (χ2v) is 8.99. The minimum Gasteiger partial charge on any atom is -0.353 e. The van der Waals surface area contributed by atoms with E-state index in [9.17, 15) is 9.18 Å². The Balaban J connectivity index is 1.45. The molecule has 1 aliphatic rings. The summed E-state index contributed by atoms with van der Waals surface area (Å²) in [6.07, 6.45) is 5.79. The lowest BCUT2D eigenvalue weighted by atomic mass is 10.1. The fraction of sp³-hybridized carbons (Fsp3) is 0.462. The smallest absolute Gasteiger partial charge is 0.244 e. The molecule has 8 heteroatoms. The van der Waals surface area contributed by atoms with Gasteiger partial charge >= 0.3 is 0 Å². The van der Waals surface area contributed by atoms with Crippen LogP contribution in [0.25, 0.3) is 11.4 Å². The SMILES string of the molecule is CCCCCc1nc(-c2ccc(F)c(C)c2)nn1CC(=O)N1CCN(c2cc(C)ccn2)CC1. The van der Waals surface area contributed by atoms with E-state index in [1.807, 2.05) is 17.2 Å². The van der Waals surface area contributed by atoms with E-state index in [2.05, 4.69) is 34.9 Å². The summed E-state index contributed by atoms with van der Waals surface area (Å²) in [6, 6.07) is 8.95. The van der Waals surface area contributed by atoms with Crippen molar-refractivity contribution in [2.45, 2.75) is 53.0 Å². The highest BCUT2D eigenvalue weighted by Gasteiger charge is 2.24. The molecule has 1 aliphatic heterocycles. The number of hydrogen-bond donors (Lipinski definition) is 0. The number of rotatable bonds is 8. The molecule has 3 heterocycles. The molecule has 1 fully saturated rings. The minimum absolute atomic E-state index is 0.0420. The van der Waals surface area contributed by atoms with Crippen molar-refractivity contribution >= 4 is 11.7 Å².